The maximum absolute atomic E-state index is 12.7. The zero-order valence-electron chi connectivity index (χ0n) is 17.4. The molecule has 0 aliphatic rings. The number of carbonyl (C=O) groups is 2. The van der Waals surface area contributed by atoms with Crippen molar-refractivity contribution in [2.24, 2.45) is 0 Å². The number of sulfonamides is 1. The number of fused-ring (bicyclic) bond motifs is 1. The Bertz CT molecular complexity index is 1430. The maximum atomic E-state index is 12.7. The number of hydrogen-bond donors (Lipinski definition) is 2. The van der Waals surface area contributed by atoms with E-state index in [0.717, 1.165) is 4.70 Å². The number of amides is 1. The van der Waals surface area contributed by atoms with Crippen molar-refractivity contribution in [3.05, 3.63) is 83.9 Å². The number of nitrogens with one attached hydrogen (secondary N) is 2. The first-order valence-corrected chi connectivity index (χ1v) is 12.2. The molecule has 2 N–H and O–H groups in total. The van der Waals surface area contributed by atoms with Crippen LogP contribution >= 0.6 is 11.3 Å². The van der Waals surface area contributed by atoms with Gasteiger partial charge in [-0.1, -0.05) is 35.6 Å². The van der Waals surface area contributed by atoms with Gasteiger partial charge in [0, 0.05) is 11.3 Å². The van der Waals surface area contributed by atoms with Gasteiger partial charge in [0.05, 0.1) is 27.3 Å². The van der Waals surface area contributed by atoms with E-state index in [4.69, 9.17) is 4.74 Å². The van der Waals surface area contributed by atoms with Gasteiger partial charge in [0.2, 0.25) is 0 Å². The summed E-state index contributed by atoms with van der Waals surface area (Å²) >= 11 is 1.22. The van der Waals surface area contributed by atoms with Crippen molar-refractivity contribution in [1.82, 2.24) is 4.98 Å². The number of ether oxygens (including phenoxy) is 1. The number of rotatable bonds is 7. The summed E-state index contributed by atoms with van der Waals surface area (Å²) < 4.78 is 33.3. The molecule has 1 heterocycles. The molecule has 3 aromatic carbocycles. The molecule has 0 saturated heterocycles. The zero-order chi connectivity index (χ0) is 23.4. The molecule has 0 bridgehead atoms. The molecule has 8 nitrogen and oxygen atoms in total. The Morgan fingerprint density at radius 3 is 2.52 bits per heavy atom. The number of thiazole rings is 1. The van der Waals surface area contributed by atoms with Gasteiger partial charge in [-0.05, 0) is 55.5 Å². The number of nitrogens with zero attached hydrogens (tertiary/aromatic N) is 1. The summed E-state index contributed by atoms with van der Waals surface area (Å²) in [6.07, 6.45) is 0. The van der Waals surface area contributed by atoms with Crippen LogP contribution in [-0.2, 0) is 14.8 Å². The molecule has 0 radical (unpaired) electrons. The second-order valence-electron chi connectivity index (χ2n) is 6.88. The molecule has 1 amide bonds. The van der Waals surface area contributed by atoms with Gasteiger partial charge < -0.3 is 4.74 Å². The highest BCUT2D eigenvalue weighted by Gasteiger charge is 2.16. The van der Waals surface area contributed by atoms with Crippen molar-refractivity contribution in [2.75, 3.05) is 16.6 Å². The Balaban J connectivity index is 1.51. The minimum atomic E-state index is -3.78. The largest absolute Gasteiger partial charge is 0.462 e. The average Bonchev–Trinajstić information content (AvgIpc) is 3.21. The van der Waals surface area contributed by atoms with E-state index in [9.17, 15) is 18.0 Å². The molecule has 1 aromatic heterocycles. The smallest absolute Gasteiger partial charge is 0.338 e. The third kappa shape index (κ3) is 5.18. The summed E-state index contributed by atoms with van der Waals surface area (Å²) in [6, 6.07) is 19.1. The van der Waals surface area contributed by atoms with Gasteiger partial charge in [0.1, 0.15) is 0 Å². The molecule has 0 unspecified atom stereocenters. The lowest BCUT2D eigenvalue weighted by atomic mass is 10.2. The third-order valence-electron chi connectivity index (χ3n) is 4.55. The summed E-state index contributed by atoms with van der Waals surface area (Å²) in [7, 11) is -3.78. The van der Waals surface area contributed by atoms with Gasteiger partial charge in [0.15, 0.2) is 5.13 Å². The van der Waals surface area contributed by atoms with Crippen molar-refractivity contribution in [3.8, 4) is 0 Å². The van der Waals surface area contributed by atoms with Gasteiger partial charge in [-0.25, -0.2) is 18.2 Å². The fourth-order valence-corrected chi connectivity index (χ4v) is 5.00. The molecule has 4 aromatic rings. The van der Waals surface area contributed by atoms with Crippen LogP contribution in [0.3, 0.4) is 0 Å². The SMILES string of the molecule is CCOC(=O)c1ccc2nc(NC(=O)c3cccc(NS(=O)(=O)c4ccccc4)c3)sc2c1. The van der Waals surface area contributed by atoms with Gasteiger partial charge in [-0.2, -0.15) is 0 Å². The van der Waals surface area contributed by atoms with E-state index < -0.39 is 21.9 Å². The van der Waals surface area contributed by atoms with Crippen LogP contribution in [0.1, 0.15) is 27.6 Å². The molecular formula is C23H19N3O5S2. The summed E-state index contributed by atoms with van der Waals surface area (Å²) in [5.41, 5.74) is 1.56. The molecule has 0 fully saturated rings. The lowest BCUT2D eigenvalue weighted by molar-refractivity contribution is 0.0526. The van der Waals surface area contributed by atoms with E-state index in [1.165, 1.54) is 29.5 Å². The predicted molar refractivity (Wildman–Crippen MR) is 127 cm³/mol. The number of esters is 1. The first-order chi connectivity index (χ1) is 15.9. The van der Waals surface area contributed by atoms with E-state index in [-0.39, 0.29) is 22.8 Å². The molecule has 0 saturated carbocycles. The molecule has 33 heavy (non-hydrogen) atoms. The first kappa shape index (κ1) is 22.4. The Kier molecular flexibility index (Phi) is 6.38. The minimum Gasteiger partial charge on any atom is -0.462 e. The molecule has 4 rings (SSSR count). The Morgan fingerprint density at radius 1 is 0.970 bits per heavy atom. The van der Waals surface area contributed by atoms with Crippen LogP contribution in [0.25, 0.3) is 10.2 Å². The molecule has 0 spiro atoms. The van der Waals surface area contributed by atoms with Crippen LogP contribution in [0.5, 0.6) is 0 Å². The lowest BCUT2D eigenvalue weighted by Crippen LogP contribution is -2.15. The van der Waals surface area contributed by atoms with E-state index >= 15 is 0 Å². The fourth-order valence-electron chi connectivity index (χ4n) is 3.03. The Labute approximate surface area is 194 Å². The normalized spacial score (nSPS) is 11.2. The predicted octanol–water partition coefficient (Wildman–Crippen LogP) is 4.53. The number of aromatic nitrogens is 1. The van der Waals surface area contributed by atoms with Crippen molar-refractivity contribution >= 4 is 54.3 Å². The molecular weight excluding hydrogens is 462 g/mol. The van der Waals surface area contributed by atoms with Crippen molar-refractivity contribution in [1.29, 1.82) is 0 Å². The van der Waals surface area contributed by atoms with Crippen LogP contribution in [0, 0.1) is 0 Å². The van der Waals surface area contributed by atoms with E-state index in [0.29, 0.717) is 16.2 Å². The average molecular weight is 482 g/mol. The second kappa shape index (κ2) is 9.39. The molecule has 0 atom stereocenters. The Morgan fingerprint density at radius 2 is 1.76 bits per heavy atom. The molecule has 168 valence electrons. The third-order valence-corrected chi connectivity index (χ3v) is 6.88. The van der Waals surface area contributed by atoms with E-state index in [1.807, 2.05) is 0 Å². The summed E-state index contributed by atoms with van der Waals surface area (Å²) in [5.74, 6) is -0.867. The van der Waals surface area contributed by atoms with Gasteiger partial charge in [0.25, 0.3) is 15.9 Å². The minimum absolute atomic E-state index is 0.122. The number of benzene rings is 3. The van der Waals surface area contributed by atoms with Gasteiger partial charge in [-0.15, -0.1) is 0 Å². The molecule has 10 heteroatoms. The molecule has 0 aliphatic heterocycles. The quantitative estimate of drug-likeness (QED) is 0.375. The van der Waals surface area contributed by atoms with Crippen LogP contribution in [0.15, 0.2) is 77.7 Å². The zero-order valence-corrected chi connectivity index (χ0v) is 19.1. The topological polar surface area (TPSA) is 114 Å². The summed E-state index contributed by atoms with van der Waals surface area (Å²) in [5, 5.41) is 3.07. The first-order valence-electron chi connectivity index (χ1n) is 9.93. The van der Waals surface area contributed by atoms with Crippen molar-refractivity contribution < 1.29 is 22.7 Å². The van der Waals surface area contributed by atoms with Crippen LogP contribution in [0.4, 0.5) is 10.8 Å². The summed E-state index contributed by atoms with van der Waals surface area (Å²) in [4.78, 5) is 29.2. The second-order valence-corrected chi connectivity index (χ2v) is 9.59. The van der Waals surface area contributed by atoms with Crippen molar-refractivity contribution in [3.63, 3.8) is 0 Å². The van der Waals surface area contributed by atoms with Crippen LogP contribution in [-0.4, -0.2) is 31.9 Å². The van der Waals surface area contributed by atoms with Crippen molar-refractivity contribution in [2.45, 2.75) is 11.8 Å². The van der Waals surface area contributed by atoms with Crippen LogP contribution < -0.4 is 10.0 Å². The summed E-state index contributed by atoms with van der Waals surface area (Å²) in [6.45, 7) is 2.01. The standard InChI is InChI=1S/C23H19N3O5S2/c1-2-31-22(28)16-11-12-19-20(14-16)32-23(24-19)25-21(27)15-7-6-8-17(13-15)26-33(29,30)18-9-4-3-5-10-18/h3-14,26H,2H2,1H3,(H,24,25,27). The number of hydrogen-bond acceptors (Lipinski definition) is 7. The van der Waals surface area contributed by atoms with Gasteiger partial charge >= 0.3 is 5.97 Å². The number of anilines is 2. The van der Waals surface area contributed by atoms with E-state index in [1.54, 1.807) is 61.5 Å². The highest BCUT2D eigenvalue weighted by Crippen LogP contribution is 2.28. The van der Waals surface area contributed by atoms with Gasteiger partial charge in [-0.3, -0.25) is 14.8 Å². The maximum Gasteiger partial charge on any atom is 0.338 e. The van der Waals surface area contributed by atoms with Crippen LogP contribution in [0.2, 0.25) is 0 Å². The van der Waals surface area contributed by atoms with E-state index in [2.05, 4.69) is 15.0 Å². The Hall–Kier alpha value is -3.76. The highest BCUT2D eigenvalue weighted by molar-refractivity contribution is 7.92. The number of carbonyl (C=O) groups excluding carboxylic acids is 2. The fraction of sp³-hybridized carbons (Fsp3) is 0.0870. The highest BCUT2D eigenvalue weighted by atomic mass is 32.2. The molecule has 0 aliphatic carbocycles. The lowest BCUT2D eigenvalue weighted by Gasteiger charge is -2.09. The monoisotopic (exact) mass is 481 g/mol.